The van der Waals surface area contributed by atoms with Crippen molar-refractivity contribution in [3.63, 3.8) is 0 Å². The second-order valence-corrected chi connectivity index (χ2v) is 14.1. The zero-order chi connectivity index (χ0) is 24.3. The maximum absolute atomic E-state index is 11.6. The lowest BCUT2D eigenvalue weighted by Gasteiger charge is -2.43. The summed E-state index contributed by atoms with van der Waals surface area (Å²) in [5.41, 5.74) is 0. The van der Waals surface area contributed by atoms with Gasteiger partial charge < -0.3 is 9.16 Å². The van der Waals surface area contributed by atoms with Gasteiger partial charge in [-0.05, 0) is 40.6 Å². The van der Waals surface area contributed by atoms with Crippen molar-refractivity contribution < 1.29 is 14.0 Å². The van der Waals surface area contributed by atoms with Crippen LogP contribution >= 0.6 is 0 Å². The molecule has 0 aliphatic rings. The van der Waals surface area contributed by atoms with Gasteiger partial charge in [0, 0.05) is 19.1 Å². The first-order chi connectivity index (χ1) is 15.7. The van der Waals surface area contributed by atoms with E-state index in [1.807, 2.05) is 0 Å². The molecule has 3 nitrogen and oxygen atoms in total. The maximum Gasteiger partial charge on any atom is 0.330 e. The van der Waals surface area contributed by atoms with Crippen LogP contribution in [0.5, 0.6) is 0 Å². The Morgan fingerprint density at radius 2 is 1.55 bits per heavy atom. The Morgan fingerprint density at radius 1 is 1.00 bits per heavy atom. The van der Waals surface area contributed by atoms with Crippen LogP contribution in [0.3, 0.4) is 0 Å². The van der Waals surface area contributed by atoms with Crippen molar-refractivity contribution in [2.45, 2.75) is 64.5 Å². The van der Waals surface area contributed by atoms with Gasteiger partial charge in [-0.25, -0.2) is 4.79 Å². The van der Waals surface area contributed by atoms with Gasteiger partial charge in [0.25, 0.3) is 8.32 Å². The predicted octanol–water partition coefficient (Wildman–Crippen LogP) is 6.04. The van der Waals surface area contributed by atoms with Crippen molar-refractivity contribution in [2.24, 2.45) is 5.92 Å². The number of carbonyl (C=O) groups is 1. The molecule has 2 rings (SSSR count). The first-order valence-electron chi connectivity index (χ1n) is 11.9. The number of hydrogen-bond donors (Lipinski definition) is 0. The lowest BCUT2D eigenvalue weighted by atomic mass is 9.97. The summed E-state index contributed by atoms with van der Waals surface area (Å²) in [6.45, 7) is 17.1. The van der Waals surface area contributed by atoms with Gasteiger partial charge >= 0.3 is 5.97 Å². The molecule has 0 spiro atoms. The minimum absolute atomic E-state index is 0.0186. The minimum Gasteiger partial charge on any atom is -0.459 e. The Balaban J connectivity index is 2.12. The number of carbonyl (C=O) groups excluding carboxylic acids is 1. The summed E-state index contributed by atoms with van der Waals surface area (Å²) < 4.78 is 12.5. The Hall–Kier alpha value is -2.43. The molecule has 4 heteroatoms. The molecule has 0 N–H and O–H groups in total. The molecule has 0 saturated carbocycles. The molecule has 2 aromatic rings. The van der Waals surface area contributed by atoms with Crippen LogP contribution in [0.4, 0.5) is 0 Å². The van der Waals surface area contributed by atoms with Gasteiger partial charge in [-0.2, -0.15) is 0 Å². The maximum atomic E-state index is 11.6. The zero-order valence-corrected chi connectivity index (χ0v) is 21.8. The molecular weight excluding hydrogens is 424 g/mol. The first kappa shape index (κ1) is 26.8. The third kappa shape index (κ3) is 7.28. The lowest BCUT2D eigenvalue weighted by molar-refractivity contribution is -0.143. The summed E-state index contributed by atoms with van der Waals surface area (Å²) in [4.78, 5) is 11.6. The van der Waals surface area contributed by atoms with Gasteiger partial charge in [-0.3, -0.25) is 0 Å². The number of rotatable bonds is 13. The van der Waals surface area contributed by atoms with E-state index in [-0.39, 0.29) is 17.1 Å². The summed E-state index contributed by atoms with van der Waals surface area (Å²) in [6.07, 6.45) is 6.31. The van der Waals surface area contributed by atoms with Gasteiger partial charge in [-0.15, -0.1) is 6.58 Å². The first-order valence-corrected chi connectivity index (χ1v) is 13.8. The molecule has 2 aromatic carbocycles. The Kier molecular flexibility index (Phi) is 10.3. The fraction of sp³-hybridized carbons (Fsp3) is 0.414. The Labute approximate surface area is 201 Å². The second-order valence-electron chi connectivity index (χ2n) is 9.78. The summed E-state index contributed by atoms with van der Waals surface area (Å²) >= 11 is 0. The van der Waals surface area contributed by atoms with Crippen LogP contribution in [0.25, 0.3) is 0 Å². The van der Waals surface area contributed by atoms with Crippen molar-refractivity contribution in [3.8, 4) is 0 Å². The monoisotopic (exact) mass is 464 g/mol. The third-order valence-electron chi connectivity index (χ3n) is 6.12. The highest BCUT2D eigenvalue weighted by atomic mass is 28.4. The molecule has 0 aromatic heterocycles. The molecular formula is C29H40O3Si. The SMILES string of the molecule is C=CC[C@@H](C[C@@H](C)CCCO[Si](c1ccccc1)(c1ccccc1)C(C)(C)C)OC(=O)C=C. The smallest absolute Gasteiger partial charge is 0.330 e. The van der Waals surface area contributed by atoms with Crippen molar-refractivity contribution in [3.05, 3.63) is 86.0 Å². The summed E-state index contributed by atoms with van der Waals surface area (Å²) in [7, 11) is -2.49. The van der Waals surface area contributed by atoms with Gasteiger partial charge in [-0.1, -0.05) is 101 Å². The molecule has 0 bridgehead atoms. The van der Waals surface area contributed by atoms with E-state index < -0.39 is 8.32 Å². The van der Waals surface area contributed by atoms with Crippen molar-refractivity contribution in [1.82, 2.24) is 0 Å². The number of benzene rings is 2. The molecule has 0 aliphatic carbocycles. The summed E-state index contributed by atoms with van der Waals surface area (Å²) in [6, 6.07) is 21.5. The van der Waals surface area contributed by atoms with Gasteiger partial charge in [0.1, 0.15) is 6.10 Å². The molecule has 0 unspecified atom stereocenters. The van der Waals surface area contributed by atoms with Gasteiger partial charge in [0.05, 0.1) is 0 Å². The van der Waals surface area contributed by atoms with Crippen molar-refractivity contribution in [2.75, 3.05) is 6.61 Å². The van der Waals surface area contributed by atoms with Crippen molar-refractivity contribution in [1.29, 1.82) is 0 Å². The molecule has 2 atom stereocenters. The number of hydrogen-bond acceptors (Lipinski definition) is 3. The van der Waals surface area contributed by atoms with E-state index >= 15 is 0 Å². The topological polar surface area (TPSA) is 35.5 Å². The van der Waals surface area contributed by atoms with Gasteiger partial charge in [0.2, 0.25) is 0 Å². The fourth-order valence-electron chi connectivity index (χ4n) is 4.58. The normalized spacial score (nSPS) is 13.7. The van der Waals surface area contributed by atoms with E-state index in [0.717, 1.165) is 19.3 Å². The lowest BCUT2D eigenvalue weighted by Crippen LogP contribution is -2.66. The van der Waals surface area contributed by atoms with Crippen LogP contribution in [0, 0.1) is 5.92 Å². The number of esters is 1. The zero-order valence-electron chi connectivity index (χ0n) is 20.8. The largest absolute Gasteiger partial charge is 0.459 e. The van der Waals surface area contributed by atoms with E-state index in [1.54, 1.807) is 6.08 Å². The summed E-state index contributed by atoms with van der Waals surface area (Å²) in [5.74, 6) is 0.0411. The molecule has 33 heavy (non-hydrogen) atoms. The third-order valence-corrected chi connectivity index (χ3v) is 11.2. The van der Waals surface area contributed by atoms with E-state index in [0.29, 0.717) is 18.9 Å². The predicted molar refractivity (Wildman–Crippen MR) is 141 cm³/mol. The molecule has 0 heterocycles. The van der Waals surface area contributed by atoms with Crippen LogP contribution < -0.4 is 10.4 Å². The molecule has 0 amide bonds. The Bertz CT molecular complexity index is 831. The average Bonchev–Trinajstić information content (AvgIpc) is 2.79. The summed E-state index contributed by atoms with van der Waals surface area (Å²) in [5, 5.41) is 2.59. The average molecular weight is 465 g/mol. The molecule has 0 radical (unpaired) electrons. The molecule has 178 valence electrons. The van der Waals surface area contributed by atoms with Crippen LogP contribution in [0.1, 0.15) is 53.4 Å². The van der Waals surface area contributed by atoms with E-state index in [1.165, 1.54) is 16.4 Å². The molecule has 0 fully saturated rings. The van der Waals surface area contributed by atoms with Crippen molar-refractivity contribution >= 4 is 24.7 Å². The van der Waals surface area contributed by atoms with E-state index in [4.69, 9.17) is 9.16 Å². The van der Waals surface area contributed by atoms with Crippen LogP contribution in [-0.4, -0.2) is 27.0 Å². The Morgan fingerprint density at radius 3 is 2.00 bits per heavy atom. The number of ether oxygens (including phenoxy) is 1. The van der Waals surface area contributed by atoms with Crippen LogP contribution in [0.2, 0.25) is 5.04 Å². The highest BCUT2D eigenvalue weighted by molar-refractivity contribution is 6.99. The van der Waals surface area contributed by atoms with Gasteiger partial charge in [0.15, 0.2) is 0 Å². The van der Waals surface area contributed by atoms with E-state index in [9.17, 15) is 4.79 Å². The molecule has 0 saturated heterocycles. The van der Waals surface area contributed by atoms with E-state index in [2.05, 4.69) is 102 Å². The minimum atomic E-state index is -2.49. The van der Waals surface area contributed by atoms with Crippen LogP contribution in [-0.2, 0) is 14.0 Å². The quantitative estimate of drug-likeness (QED) is 0.119. The highest BCUT2D eigenvalue weighted by Gasteiger charge is 2.49. The standard InChI is InChI=1S/C29H40O3Si/c1-7-16-25(32-28(30)8-2)23-24(3)17-15-22-31-33(29(4,5)6,26-18-11-9-12-19-26)27-20-13-10-14-21-27/h7-14,18-21,24-25H,1-2,15-17,22-23H2,3-6H3/t24-,25-/m0/s1. The fourth-order valence-corrected chi connectivity index (χ4v) is 9.18. The second kappa shape index (κ2) is 12.7. The van der Waals surface area contributed by atoms with Crippen LogP contribution in [0.15, 0.2) is 86.0 Å². The highest BCUT2D eigenvalue weighted by Crippen LogP contribution is 2.37. The molecule has 0 aliphatic heterocycles.